The molecule has 0 atom stereocenters. The first-order valence-electron chi connectivity index (χ1n) is 12.6. The molecule has 2 bridgehead atoms. The van der Waals surface area contributed by atoms with Crippen LogP contribution in [0.1, 0.15) is 72.1 Å². The Labute approximate surface area is 243 Å². The third-order valence-corrected chi connectivity index (χ3v) is 9.41. The molecule has 5 nitrogen and oxygen atoms in total. The molecule has 5 rings (SSSR count). The molecule has 1 N–H and O–H groups in total. The largest absolute Gasteiger partial charge is 0.481 e. The van der Waals surface area contributed by atoms with Crippen LogP contribution in [0.4, 0.5) is 0 Å². The van der Waals surface area contributed by atoms with Gasteiger partial charge in [0.25, 0.3) is 5.97 Å². The van der Waals surface area contributed by atoms with Crippen molar-refractivity contribution >= 4 is 69.7 Å². The van der Waals surface area contributed by atoms with E-state index in [1.165, 1.54) is 0 Å². The summed E-state index contributed by atoms with van der Waals surface area (Å²) in [5.41, 5.74) is 0.125. The molecule has 0 aromatic carbocycles. The predicted molar refractivity (Wildman–Crippen MR) is 153 cm³/mol. The van der Waals surface area contributed by atoms with E-state index in [0.717, 1.165) is 78.0 Å². The fourth-order valence-corrected chi connectivity index (χ4v) is 6.99. The van der Waals surface area contributed by atoms with Gasteiger partial charge >= 0.3 is 5.97 Å². The van der Waals surface area contributed by atoms with Gasteiger partial charge in [0, 0.05) is 11.3 Å². The lowest BCUT2D eigenvalue weighted by Crippen LogP contribution is -2.66. The number of allylic oxidation sites excluding steroid dienone is 2. The molecule has 0 aromatic heterocycles. The van der Waals surface area contributed by atoms with Gasteiger partial charge in [-0.25, -0.2) is 0 Å². The van der Waals surface area contributed by atoms with E-state index < -0.39 is 11.9 Å². The average molecular weight is 750 g/mol. The maximum atomic E-state index is 10.6. The molecule has 2 saturated carbocycles. The number of ether oxygens (including phenoxy) is 3. The molecule has 0 amide bonds. The second-order valence-electron chi connectivity index (χ2n) is 11.5. The zero-order chi connectivity index (χ0) is 25.9. The molecule has 3 saturated heterocycles. The third kappa shape index (κ3) is 7.89. The fraction of sp³-hybridized carbons (Fsp3) is 0.808. The van der Waals surface area contributed by atoms with Gasteiger partial charge in [-0.2, -0.15) is 0 Å². The first-order chi connectivity index (χ1) is 16.4. The van der Waals surface area contributed by atoms with E-state index in [2.05, 4.69) is 96.6 Å². The lowest BCUT2D eigenvalue weighted by molar-refractivity contribution is -0.497. The van der Waals surface area contributed by atoms with Crippen molar-refractivity contribution in [3.63, 3.8) is 0 Å². The first kappa shape index (κ1) is 30.3. The summed E-state index contributed by atoms with van der Waals surface area (Å²) in [5.74, 6) is -0.0111. The molecule has 3 heterocycles. The van der Waals surface area contributed by atoms with E-state index in [-0.39, 0.29) is 16.7 Å². The predicted octanol–water partition coefficient (Wildman–Crippen LogP) is 8.70. The van der Waals surface area contributed by atoms with Crippen molar-refractivity contribution in [2.75, 3.05) is 19.8 Å². The van der Waals surface area contributed by atoms with Gasteiger partial charge in [0.15, 0.2) is 0 Å². The maximum Gasteiger partial charge on any atom is 0.306 e. The van der Waals surface area contributed by atoms with Crippen LogP contribution in [0.15, 0.2) is 18.9 Å². The minimum Gasteiger partial charge on any atom is -0.481 e. The Morgan fingerprint density at radius 2 is 1.17 bits per heavy atom. The number of carboxylic acid groups (broad SMARTS) is 1. The molecule has 35 heavy (non-hydrogen) atoms. The minimum absolute atomic E-state index is 0.00445. The van der Waals surface area contributed by atoms with Gasteiger partial charge in [-0.1, -0.05) is 32.9 Å². The second-order valence-corrected chi connectivity index (χ2v) is 17.0. The average Bonchev–Trinajstić information content (AvgIpc) is 2.80. The number of carbonyl (C=O) groups is 1. The maximum absolute atomic E-state index is 10.6. The van der Waals surface area contributed by atoms with Gasteiger partial charge in [0.05, 0.1) is 32.5 Å². The summed E-state index contributed by atoms with van der Waals surface area (Å²) in [7, 11) is 0. The Kier molecular flexibility index (Phi) is 11.0. The molecular weight excluding hydrogens is 712 g/mol. The van der Waals surface area contributed by atoms with Crippen LogP contribution in [-0.4, -0.2) is 36.9 Å². The Morgan fingerprint density at radius 3 is 1.51 bits per heavy atom. The Bertz CT molecular complexity index is 758. The lowest BCUT2D eigenvalue weighted by Gasteiger charge is -2.59. The van der Waals surface area contributed by atoms with Crippen molar-refractivity contribution < 1.29 is 24.1 Å². The molecule has 0 unspecified atom stereocenters. The number of hydrogen-bond acceptors (Lipinski definition) is 4. The first-order valence-corrected chi connectivity index (χ1v) is 15.7. The van der Waals surface area contributed by atoms with Gasteiger partial charge in [0.1, 0.15) is 0 Å². The van der Waals surface area contributed by atoms with E-state index in [4.69, 9.17) is 19.3 Å². The molecule has 0 aromatic rings. The summed E-state index contributed by atoms with van der Waals surface area (Å²) >= 11 is 13.6. The normalized spacial score (nSPS) is 37.0. The van der Waals surface area contributed by atoms with Crippen LogP contribution in [0.3, 0.4) is 0 Å². The summed E-state index contributed by atoms with van der Waals surface area (Å²) in [6.07, 6.45) is 12.5. The molecular formula is C26H38Br4O5. The van der Waals surface area contributed by atoms with E-state index in [0.29, 0.717) is 17.8 Å². The van der Waals surface area contributed by atoms with Crippen LogP contribution in [0.2, 0.25) is 0 Å². The van der Waals surface area contributed by atoms with E-state index in [1.807, 2.05) is 0 Å². The number of halogens is 4. The smallest absolute Gasteiger partial charge is 0.306 e. The van der Waals surface area contributed by atoms with Crippen molar-refractivity contribution in [2.24, 2.45) is 34.5 Å². The highest BCUT2D eigenvalue weighted by Crippen LogP contribution is 2.53. The van der Waals surface area contributed by atoms with Crippen molar-refractivity contribution in [3.05, 3.63) is 18.9 Å². The zero-order valence-corrected chi connectivity index (χ0v) is 27.2. The van der Waals surface area contributed by atoms with Crippen LogP contribution in [-0.2, 0) is 19.0 Å². The van der Waals surface area contributed by atoms with Gasteiger partial charge < -0.3 is 19.3 Å². The van der Waals surface area contributed by atoms with Crippen molar-refractivity contribution in [3.8, 4) is 0 Å². The third-order valence-electron chi connectivity index (χ3n) is 8.36. The minimum atomic E-state index is -0.771. The van der Waals surface area contributed by atoms with Gasteiger partial charge in [-0.3, -0.25) is 4.79 Å². The summed E-state index contributed by atoms with van der Waals surface area (Å²) in [6, 6.07) is 0. The standard InChI is InChI=1S/C17H26Br2O3.C9H12Br2O2/c1-15(2,3)16-9-20-17(21-10-16,22-11-16)13-6-4-12(5-7-13)8-14(18)19;10-8(11)5-6-1-3-7(4-2-6)9(12)13/h8,12-13H,4-7,9-11H2,1-3H3;5-7H,1-4H2,(H,12,13). The van der Waals surface area contributed by atoms with E-state index in [9.17, 15) is 4.79 Å². The second kappa shape index (κ2) is 12.7. The van der Waals surface area contributed by atoms with E-state index in [1.54, 1.807) is 0 Å². The van der Waals surface area contributed by atoms with Crippen LogP contribution in [0, 0.1) is 34.5 Å². The molecule has 9 heteroatoms. The van der Waals surface area contributed by atoms with Gasteiger partial charge in [-0.05, 0) is 132 Å². The number of rotatable bonds is 4. The van der Waals surface area contributed by atoms with Crippen LogP contribution < -0.4 is 0 Å². The quantitative estimate of drug-likeness (QED) is 0.312. The van der Waals surface area contributed by atoms with Crippen molar-refractivity contribution in [1.29, 1.82) is 0 Å². The lowest BCUT2D eigenvalue weighted by atomic mass is 9.66. The van der Waals surface area contributed by atoms with Crippen molar-refractivity contribution in [1.82, 2.24) is 0 Å². The van der Waals surface area contributed by atoms with Crippen LogP contribution in [0.25, 0.3) is 0 Å². The Morgan fingerprint density at radius 1 is 0.771 bits per heavy atom. The summed E-state index contributed by atoms with van der Waals surface area (Å²) in [6.45, 7) is 9.00. The Balaban J connectivity index is 0.000000225. The van der Waals surface area contributed by atoms with Crippen LogP contribution >= 0.6 is 63.7 Å². The number of fused-ring (bicyclic) bond motifs is 3. The molecule has 0 radical (unpaired) electrons. The Hall–Kier alpha value is 0.750. The summed E-state index contributed by atoms with van der Waals surface area (Å²) < 4.78 is 20.5. The van der Waals surface area contributed by atoms with Gasteiger partial charge in [0.2, 0.25) is 0 Å². The molecule has 0 spiro atoms. The molecule has 200 valence electrons. The molecule has 5 fully saturated rings. The number of aliphatic carboxylic acids is 1. The van der Waals surface area contributed by atoms with E-state index >= 15 is 0 Å². The van der Waals surface area contributed by atoms with Crippen molar-refractivity contribution in [2.45, 2.75) is 78.1 Å². The number of hydrogen-bond donors (Lipinski definition) is 1. The molecule has 2 aliphatic carbocycles. The highest BCUT2D eigenvalue weighted by atomic mass is 79.9. The summed E-state index contributed by atoms with van der Waals surface area (Å²) in [4.78, 5) is 10.6. The highest BCUT2D eigenvalue weighted by Gasteiger charge is 2.60. The summed E-state index contributed by atoms with van der Waals surface area (Å²) in [5, 5.41) is 8.77. The molecule has 5 aliphatic rings. The zero-order valence-electron chi connectivity index (χ0n) is 20.8. The topological polar surface area (TPSA) is 65.0 Å². The SMILES string of the molecule is CC(C)(C)C12COC(C3CCC(C=C(Br)Br)CC3)(OC1)OC2.O=C(O)C1CCC(C=C(Br)Br)CC1. The monoisotopic (exact) mass is 746 g/mol. The highest BCUT2D eigenvalue weighted by molar-refractivity contribution is 9.28. The fourth-order valence-electron chi connectivity index (χ4n) is 5.50. The van der Waals surface area contributed by atoms with Crippen LogP contribution in [0.5, 0.6) is 0 Å². The molecule has 3 aliphatic heterocycles. The van der Waals surface area contributed by atoms with Gasteiger partial charge in [-0.15, -0.1) is 0 Å². The number of carboxylic acids is 1.